The average molecular weight is 444 g/mol. The van der Waals surface area contributed by atoms with Gasteiger partial charge in [-0.2, -0.15) is 0 Å². The van der Waals surface area contributed by atoms with Crippen LogP contribution in [0.2, 0.25) is 0 Å². The van der Waals surface area contributed by atoms with Gasteiger partial charge in [0, 0.05) is 11.6 Å². The highest BCUT2D eigenvalue weighted by Crippen LogP contribution is 2.18. The van der Waals surface area contributed by atoms with Crippen LogP contribution < -0.4 is 15.4 Å². The Labute approximate surface area is 189 Å². The minimum atomic E-state index is -0.403. The Morgan fingerprint density at radius 1 is 1.09 bits per heavy atom. The largest absolute Gasteiger partial charge is 0.497 e. The van der Waals surface area contributed by atoms with Gasteiger partial charge in [0.05, 0.1) is 26.5 Å². The van der Waals surface area contributed by atoms with Crippen molar-refractivity contribution in [1.82, 2.24) is 10.2 Å². The van der Waals surface area contributed by atoms with Gasteiger partial charge in [-0.15, -0.1) is 0 Å². The van der Waals surface area contributed by atoms with Gasteiger partial charge in [-0.05, 0) is 49.2 Å². The van der Waals surface area contributed by atoms with Gasteiger partial charge in [-0.1, -0.05) is 26.7 Å². The lowest BCUT2D eigenvalue weighted by atomic mass is 9.97. The number of hydrogen-bond donors (Lipinski definition) is 2. The van der Waals surface area contributed by atoms with Gasteiger partial charge in [-0.25, -0.2) is 0 Å². The number of anilines is 1. The highest BCUT2D eigenvalue weighted by atomic mass is 16.5. The Balaban J connectivity index is 1.92. The Bertz CT molecular complexity index is 849. The first-order chi connectivity index (χ1) is 15.5. The van der Waals surface area contributed by atoms with Crippen molar-refractivity contribution in [3.63, 3.8) is 0 Å². The van der Waals surface area contributed by atoms with Crippen molar-refractivity contribution in [2.45, 2.75) is 46.1 Å². The van der Waals surface area contributed by atoms with Crippen molar-refractivity contribution in [3.8, 4) is 5.75 Å². The molecule has 0 radical (unpaired) electrons. The van der Waals surface area contributed by atoms with E-state index < -0.39 is 5.91 Å². The SMILES string of the molecule is CCCCC(CC)C(=O)N(CC(=O)NCC(=O)Nc1ccc(OC)cc1)Cc1ccco1. The predicted molar refractivity (Wildman–Crippen MR) is 122 cm³/mol. The van der Waals surface area contributed by atoms with Crippen LogP contribution in [0, 0.1) is 5.92 Å². The first-order valence-corrected chi connectivity index (χ1v) is 11.0. The molecule has 1 aromatic heterocycles. The number of benzene rings is 1. The first kappa shape index (κ1) is 25.0. The summed E-state index contributed by atoms with van der Waals surface area (Å²) in [6.07, 6.45) is 4.99. The molecule has 3 amide bonds. The minimum Gasteiger partial charge on any atom is -0.497 e. The number of rotatable bonds is 13. The molecule has 0 aliphatic carbocycles. The second kappa shape index (κ2) is 13.2. The summed E-state index contributed by atoms with van der Waals surface area (Å²) >= 11 is 0. The maximum Gasteiger partial charge on any atom is 0.243 e. The third-order valence-corrected chi connectivity index (χ3v) is 5.14. The summed E-state index contributed by atoms with van der Waals surface area (Å²) in [4.78, 5) is 39.3. The van der Waals surface area contributed by atoms with E-state index in [0.29, 0.717) is 23.6 Å². The van der Waals surface area contributed by atoms with E-state index in [1.54, 1.807) is 43.5 Å². The molecular weight excluding hydrogens is 410 g/mol. The number of methoxy groups -OCH3 is 1. The lowest BCUT2D eigenvalue weighted by Gasteiger charge is -2.26. The van der Waals surface area contributed by atoms with Crippen molar-refractivity contribution in [1.29, 1.82) is 0 Å². The Morgan fingerprint density at radius 2 is 1.84 bits per heavy atom. The van der Waals surface area contributed by atoms with E-state index in [0.717, 1.165) is 19.3 Å². The number of hydrogen-bond acceptors (Lipinski definition) is 5. The molecular formula is C24H33N3O5. The molecule has 2 rings (SSSR count). The molecule has 0 aliphatic rings. The molecule has 1 aromatic carbocycles. The molecule has 0 saturated heterocycles. The van der Waals surface area contributed by atoms with E-state index in [2.05, 4.69) is 17.6 Å². The molecule has 1 heterocycles. The van der Waals surface area contributed by atoms with Crippen LogP contribution in [0.4, 0.5) is 5.69 Å². The third-order valence-electron chi connectivity index (χ3n) is 5.14. The Kier molecular flexibility index (Phi) is 10.3. The normalized spacial score (nSPS) is 11.5. The lowest BCUT2D eigenvalue weighted by Crippen LogP contribution is -2.44. The third kappa shape index (κ3) is 8.09. The zero-order valence-electron chi connectivity index (χ0n) is 19.1. The van der Waals surface area contributed by atoms with Crippen molar-refractivity contribution >= 4 is 23.4 Å². The average Bonchev–Trinajstić information content (AvgIpc) is 3.31. The van der Waals surface area contributed by atoms with Gasteiger partial charge >= 0.3 is 0 Å². The van der Waals surface area contributed by atoms with E-state index in [9.17, 15) is 14.4 Å². The van der Waals surface area contributed by atoms with Gasteiger partial charge in [0.2, 0.25) is 17.7 Å². The fourth-order valence-corrected chi connectivity index (χ4v) is 3.30. The lowest BCUT2D eigenvalue weighted by molar-refractivity contribution is -0.140. The van der Waals surface area contributed by atoms with Gasteiger partial charge in [0.1, 0.15) is 18.1 Å². The number of ether oxygens (including phenoxy) is 1. The van der Waals surface area contributed by atoms with Crippen molar-refractivity contribution in [2.75, 3.05) is 25.5 Å². The van der Waals surface area contributed by atoms with E-state index in [4.69, 9.17) is 9.15 Å². The summed E-state index contributed by atoms with van der Waals surface area (Å²) in [5.41, 5.74) is 0.599. The Hall–Kier alpha value is -3.29. The molecule has 174 valence electrons. The molecule has 1 atom stereocenters. The van der Waals surface area contributed by atoms with Crippen LogP contribution in [-0.4, -0.2) is 42.8 Å². The molecule has 0 bridgehead atoms. The number of unbranched alkanes of at least 4 members (excludes halogenated alkanes) is 1. The monoisotopic (exact) mass is 443 g/mol. The number of amides is 3. The number of carbonyl (C=O) groups excluding carboxylic acids is 3. The van der Waals surface area contributed by atoms with Crippen molar-refractivity contribution in [3.05, 3.63) is 48.4 Å². The van der Waals surface area contributed by atoms with Crippen LogP contribution in [0.25, 0.3) is 0 Å². The van der Waals surface area contributed by atoms with Crippen molar-refractivity contribution in [2.24, 2.45) is 5.92 Å². The van der Waals surface area contributed by atoms with Gasteiger partial charge in [-0.3, -0.25) is 14.4 Å². The predicted octanol–water partition coefficient (Wildman–Crippen LogP) is 3.59. The molecule has 2 aromatic rings. The van der Waals surface area contributed by atoms with E-state index in [1.807, 2.05) is 6.92 Å². The first-order valence-electron chi connectivity index (χ1n) is 11.0. The maximum atomic E-state index is 13.1. The summed E-state index contributed by atoms with van der Waals surface area (Å²) in [6.45, 7) is 3.94. The number of furan rings is 1. The summed E-state index contributed by atoms with van der Waals surface area (Å²) in [5.74, 6) is 0.309. The summed E-state index contributed by atoms with van der Waals surface area (Å²) in [6, 6.07) is 10.4. The van der Waals surface area contributed by atoms with Gasteiger partial charge < -0.3 is 24.7 Å². The van der Waals surface area contributed by atoms with Crippen LogP contribution in [0.3, 0.4) is 0 Å². The van der Waals surface area contributed by atoms with Gasteiger partial charge in [0.15, 0.2) is 0 Å². The fourth-order valence-electron chi connectivity index (χ4n) is 3.30. The quantitative estimate of drug-likeness (QED) is 0.493. The molecule has 0 saturated carbocycles. The molecule has 8 nitrogen and oxygen atoms in total. The van der Waals surface area contributed by atoms with Crippen molar-refractivity contribution < 1.29 is 23.5 Å². The second-order valence-electron chi connectivity index (χ2n) is 7.57. The summed E-state index contributed by atoms with van der Waals surface area (Å²) in [5, 5.41) is 5.30. The summed E-state index contributed by atoms with van der Waals surface area (Å²) in [7, 11) is 1.57. The topological polar surface area (TPSA) is 101 Å². The van der Waals surface area contributed by atoms with Crippen LogP contribution >= 0.6 is 0 Å². The molecule has 32 heavy (non-hydrogen) atoms. The van der Waals surface area contributed by atoms with E-state index in [1.165, 1.54) is 11.2 Å². The number of nitrogens with zero attached hydrogens (tertiary/aromatic N) is 1. The fraction of sp³-hybridized carbons (Fsp3) is 0.458. The Morgan fingerprint density at radius 3 is 2.44 bits per heavy atom. The van der Waals surface area contributed by atoms with E-state index >= 15 is 0 Å². The van der Waals surface area contributed by atoms with Gasteiger partial charge in [0.25, 0.3) is 0 Å². The highest BCUT2D eigenvalue weighted by Gasteiger charge is 2.25. The zero-order valence-corrected chi connectivity index (χ0v) is 19.1. The van der Waals surface area contributed by atoms with Crippen LogP contribution in [0.15, 0.2) is 47.1 Å². The van der Waals surface area contributed by atoms with Crippen LogP contribution in [0.1, 0.15) is 45.3 Å². The zero-order chi connectivity index (χ0) is 23.3. The van der Waals surface area contributed by atoms with Crippen LogP contribution in [0.5, 0.6) is 5.75 Å². The molecule has 1 unspecified atom stereocenters. The smallest absolute Gasteiger partial charge is 0.243 e. The molecule has 8 heteroatoms. The summed E-state index contributed by atoms with van der Waals surface area (Å²) < 4.78 is 10.5. The number of nitrogens with one attached hydrogen (secondary N) is 2. The molecule has 0 fully saturated rings. The second-order valence-corrected chi connectivity index (χ2v) is 7.57. The van der Waals surface area contributed by atoms with Crippen LogP contribution in [-0.2, 0) is 20.9 Å². The molecule has 0 spiro atoms. The van der Waals surface area contributed by atoms with E-state index in [-0.39, 0.29) is 37.4 Å². The molecule has 2 N–H and O–H groups in total. The number of carbonyl (C=O) groups is 3. The highest BCUT2D eigenvalue weighted by molar-refractivity contribution is 5.95. The standard InChI is InChI=1S/C24H33N3O5/c1-4-6-8-18(5-2)24(30)27(16-21-9-7-14-32-21)17-23(29)25-15-22(28)26-19-10-12-20(31-3)13-11-19/h7,9-14,18H,4-6,8,15-17H2,1-3H3,(H,25,29)(H,26,28). The maximum absolute atomic E-state index is 13.1. The minimum absolute atomic E-state index is 0.0739. The molecule has 0 aliphatic heterocycles.